The number of hydrogen-bond acceptors (Lipinski definition) is 6. The molecule has 0 aromatic carbocycles. The number of carbonyl (C=O) groups excluding carboxylic acids is 1. The molecule has 0 spiro atoms. The van der Waals surface area contributed by atoms with Gasteiger partial charge in [0.2, 0.25) is 11.9 Å². The Hall–Kier alpha value is -2.40. The molecule has 3 rings (SSSR count). The molecule has 0 N–H and O–H groups in total. The molecule has 23 heavy (non-hydrogen) atoms. The molecule has 0 radical (unpaired) electrons. The molecule has 0 atom stereocenters. The molecule has 1 fully saturated rings. The van der Waals surface area contributed by atoms with Gasteiger partial charge in [0.1, 0.15) is 0 Å². The van der Waals surface area contributed by atoms with Crippen LogP contribution >= 0.6 is 0 Å². The van der Waals surface area contributed by atoms with E-state index < -0.39 is 21.7 Å². The summed E-state index contributed by atoms with van der Waals surface area (Å²) < 4.78 is 40.3. The minimum atomic E-state index is -3.83. The lowest BCUT2D eigenvalue weighted by Crippen LogP contribution is -2.52. The first-order valence-corrected chi connectivity index (χ1v) is 8.08. The Morgan fingerprint density at radius 3 is 2.43 bits per heavy atom. The van der Waals surface area contributed by atoms with E-state index in [2.05, 4.69) is 15.0 Å². The lowest BCUT2D eigenvalue weighted by molar-refractivity contribution is -0.120. The van der Waals surface area contributed by atoms with Gasteiger partial charge in [-0.2, -0.15) is 4.31 Å². The number of sulfonamides is 1. The summed E-state index contributed by atoms with van der Waals surface area (Å²) in [5.74, 6) is -1.05. The van der Waals surface area contributed by atoms with Crippen molar-refractivity contribution in [2.24, 2.45) is 7.05 Å². The molecule has 3 heterocycles. The summed E-state index contributed by atoms with van der Waals surface area (Å²) >= 11 is 0. The lowest BCUT2D eigenvalue weighted by atomic mass is 10.4. The highest BCUT2D eigenvalue weighted by Gasteiger charge is 2.35. The van der Waals surface area contributed by atoms with Crippen molar-refractivity contribution in [3.63, 3.8) is 0 Å². The highest BCUT2D eigenvalue weighted by molar-refractivity contribution is 7.89. The number of anilines is 1. The third-order valence-electron chi connectivity index (χ3n) is 3.32. The second-order valence-corrected chi connectivity index (χ2v) is 6.85. The zero-order chi connectivity index (χ0) is 16.6. The van der Waals surface area contributed by atoms with E-state index in [1.807, 2.05) is 0 Å². The molecule has 9 nitrogen and oxygen atoms in total. The van der Waals surface area contributed by atoms with E-state index in [0.29, 0.717) is 0 Å². The highest BCUT2D eigenvalue weighted by Crippen LogP contribution is 2.18. The summed E-state index contributed by atoms with van der Waals surface area (Å²) in [5.41, 5.74) is 0. The Morgan fingerprint density at radius 1 is 1.17 bits per heavy atom. The number of amides is 1. The van der Waals surface area contributed by atoms with Crippen LogP contribution in [0.4, 0.5) is 10.3 Å². The largest absolute Gasteiger partial charge is 0.339 e. The second-order valence-electron chi connectivity index (χ2n) is 4.96. The van der Waals surface area contributed by atoms with Crippen molar-refractivity contribution in [3.05, 3.63) is 30.7 Å². The third kappa shape index (κ3) is 2.92. The molecule has 2 aromatic heterocycles. The van der Waals surface area contributed by atoms with Crippen molar-refractivity contribution in [2.75, 3.05) is 24.5 Å². The Balaban J connectivity index is 1.78. The third-order valence-corrected chi connectivity index (χ3v) is 5.05. The topological polar surface area (TPSA) is 101 Å². The maximum Gasteiger partial charge on any atom is 0.262 e. The zero-order valence-electron chi connectivity index (χ0n) is 12.1. The number of carbonyl (C=O) groups is 1. The molecule has 11 heteroatoms. The molecule has 0 unspecified atom stereocenters. The number of hydrogen-bond donors (Lipinski definition) is 0. The normalized spacial score (nSPS) is 16.8. The van der Waals surface area contributed by atoms with Gasteiger partial charge in [-0.15, -0.1) is 0 Å². The van der Waals surface area contributed by atoms with Crippen LogP contribution in [-0.4, -0.2) is 57.8 Å². The minimum absolute atomic E-state index is 0.0475. The maximum atomic E-state index is 12.8. The van der Waals surface area contributed by atoms with Gasteiger partial charge in [0.05, 0.1) is 25.3 Å². The minimum Gasteiger partial charge on any atom is -0.339 e. The van der Waals surface area contributed by atoms with Crippen LogP contribution in [-0.2, 0) is 21.9 Å². The first kappa shape index (κ1) is 15.5. The van der Waals surface area contributed by atoms with E-state index in [-0.39, 0.29) is 30.6 Å². The maximum absolute atomic E-state index is 12.8. The summed E-state index contributed by atoms with van der Waals surface area (Å²) in [6.45, 7) is -0.193. The van der Waals surface area contributed by atoms with Crippen LogP contribution < -0.4 is 4.90 Å². The summed E-state index contributed by atoms with van der Waals surface area (Å²) in [6.07, 6.45) is 4.64. The van der Waals surface area contributed by atoms with Crippen molar-refractivity contribution in [2.45, 2.75) is 5.03 Å². The van der Waals surface area contributed by atoms with E-state index in [1.165, 1.54) is 22.0 Å². The average molecular weight is 340 g/mol. The number of imidazole rings is 1. The van der Waals surface area contributed by atoms with Crippen LogP contribution in [0, 0.1) is 5.82 Å². The molecule has 1 aliphatic heterocycles. The SMILES string of the molecule is Cn1cnc(S(=O)(=O)N2CCN(c3ncc(F)cn3)C(=O)C2)c1. The average Bonchev–Trinajstić information content (AvgIpc) is 2.95. The molecular weight excluding hydrogens is 327 g/mol. The smallest absolute Gasteiger partial charge is 0.262 e. The van der Waals surface area contributed by atoms with E-state index >= 15 is 0 Å². The molecular formula is C12H13FN6O3S. The van der Waals surface area contributed by atoms with Crippen molar-refractivity contribution in [1.29, 1.82) is 0 Å². The molecule has 0 aliphatic carbocycles. The van der Waals surface area contributed by atoms with Crippen LogP contribution in [0.15, 0.2) is 29.9 Å². The van der Waals surface area contributed by atoms with Crippen LogP contribution in [0.2, 0.25) is 0 Å². The van der Waals surface area contributed by atoms with Crippen molar-refractivity contribution in [3.8, 4) is 0 Å². The summed E-state index contributed by atoms with van der Waals surface area (Å²) in [4.78, 5) is 24.7. The van der Waals surface area contributed by atoms with E-state index in [1.54, 1.807) is 7.05 Å². The molecule has 1 aliphatic rings. The van der Waals surface area contributed by atoms with Crippen LogP contribution in [0.1, 0.15) is 0 Å². The molecule has 122 valence electrons. The van der Waals surface area contributed by atoms with Gasteiger partial charge < -0.3 is 4.57 Å². The van der Waals surface area contributed by atoms with Crippen molar-refractivity contribution < 1.29 is 17.6 Å². The second kappa shape index (κ2) is 5.66. The van der Waals surface area contributed by atoms with Gasteiger partial charge in [-0.1, -0.05) is 0 Å². The standard InChI is InChI=1S/C12H13FN6O3S/c1-17-6-10(16-8-17)23(21,22)18-2-3-19(11(20)7-18)12-14-4-9(13)5-15-12/h4-6,8H,2-3,7H2,1H3. The fourth-order valence-electron chi connectivity index (χ4n) is 2.17. The molecule has 0 bridgehead atoms. The summed E-state index contributed by atoms with van der Waals surface area (Å²) in [7, 11) is -2.18. The van der Waals surface area contributed by atoms with Crippen LogP contribution in [0.25, 0.3) is 0 Å². The zero-order valence-corrected chi connectivity index (χ0v) is 12.9. The van der Waals surface area contributed by atoms with Gasteiger partial charge in [0.15, 0.2) is 10.8 Å². The van der Waals surface area contributed by atoms with Crippen molar-refractivity contribution in [1.82, 2.24) is 23.8 Å². The summed E-state index contributed by atoms with van der Waals surface area (Å²) in [5, 5.41) is -0.112. The van der Waals surface area contributed by atoms with Crippen LogP contribution in [0.5, 0.6) is 0 Å². The van der Waals surface area contributed by atoms with Gasteiger partial charge in [0.25, 0.3) is 10.0 Å². The van der Waals surface area contributed by atoms with Gasteiger partial charge in [-0.05, 0) is 0 Å². The number of piperazine rings is 1. The van der Waals surface area contributed by atoms with Gasteiger partial charge in [0, 0.05) is 26.3 Å². The summed E-state index contributed by atoms with van der Waals surface area (Å²) in [6, 6.07) is 0. The number of aryl methyl sites for hydroxylation is 1. The number of nitrogens with zero attached hydrogens (tertiary/aromatic N) is 6. The first-order chi connectivity index (χ1) is 10.9. The Kier molecular flexibility index (Phi) is 3.82. The number of aromatic nitrogens is 4. The Morgan fingerprint density at radius 2 is 1.87 bits per heavy atom. The lowest BCUT2D eigenvalue weighted by Gasteiger charge is -2.31. The molecule has 1 saturated heterocycles. The van der Waals surface area contributed by atoms with Gasteiger partial charge in [-0.3, -0.25) is 9.69 Å². The monoisotopic (exact) mass is 340 g/mol. The first-order valence-electron chi connectivity index (χ1n) is 6.64. The van der Waals surface area contributed by atoms with Gasteiger partial charge >= 0.3 is 0 Å². The predicted octanol–water partition coefficient (Wildman–Crippen LogP) is -0.613. The van der Waals surface area contributed by atoms with E-state index in [4.69, 9.17) is 0 Å². The highest BCUT2D eigenvalue weighted by atomic mass is 32.2. The molecule has 2 aromatic rings. The predicted molar refractivity (Wildman–Crippen MR) is 76.3 cm³/mol. The molecule has 0 saturated carbocycles. The number of rotatable bonds is 3. The fraction of sp³-hybridized carbons (Fsp3) is 0.333. The number of halogens is 1. The molecule has 1 amide bonds. The van der Waals surface area contributed by atoms with E-state index in [9.17, 15) is 17.6 Å². The van der Waals surface area contributed by atoms with Crippen molar-refractivity contribution >= 4 is 21.9 Å². The fourth-order valence-corrected chi connectivity index (χ4v) is 3.51. The Bertz CT molecular complexity index is 835. The quantitative estimate of drug-likeness (QED) is 0.738. The van der Waals surface area contributed by atoms with E-state index in [0.717, 1.165) is 16.7 Å². The van der Waals surface area contributed by atoms with Crippen LogP contribution in [0.3, 0.4) is 0 Å². The van der Waals surface area contributed by atoms with Gasteiger partial charge in [-0.25, -0.2) is 27.8 Å². The Labute approximate surface area is 131 Å².